The molecule has 2 amide bonds. The second-order valence-corrected chi connectivity index (χ2v) is 13.4. The van der Waals surface area contributed by atoms with Gasteiger partial charge in [0.05, 0.1) is 10.6 Å². The van der Waals surface area contributed by atoms with Gasteiger partial charge in [-0.05, 0) is 74.7 Å². The number of sulfonamides is 1. The molecular weight excluding hydrogens is 594 g/mol. The standard InChI is InChI=1S/C35H38ClN3O4S/c1-25(2)37-35(41)33(22-28-11-7-5-8-12-28)38(23-29-13-9-6-10-14-29)34(40)24-39(32-20-17-30(36)21-27(32)4)44(42,43)31-18-15-26(3)16-19-31/h5-21,25,33H,22-24H2,1-4H3,(H,37,41)/t33-/m1/s1. The smallest absolute Gasteiger partial charge is 0.264 e. The van der Waals surface area contributed by atoms with Gasteiger partial charge in [0.2, 0.25) is 11.8 Å². The van der Waals surface area contributed by atoms with Crippen LogP contribution in [0.2, 0.25) is 5.02 Å². The summed E-state index contributed by atoms with van der Waals surface area (Å²) in [5.74, 6) is -0.831. The van der Waals surface area contributed by atoms with Crippen molar-refractivity contribution in [3.05, 3.63) is 130 Å². The Morgan fingerprint density at radius 2 is 1.41 bits per heavy atom. The van der Waals surface area contributed by atoms with Crippen LogP contribution in [0.1, 0.15) is 36.1 Å². The maximum absolute atomic E-state index is 14.5. The highest BCUT2D eigenvalue weighted by molar-refractivity contribution is 7.92. The molecule has 0 radical (unpaired) electrons. The molecule has 7 nitrogen and oxygen atoms in total. The van der Waals surface area contributed by atoms with E-state index < -0.39 is 28.5 Å². The Kier molecular flexibility index (Phi) is 10.8. The molecule has 4 aromatic carbocycles. The molecule has 4 rings (SSSR count). The van der Waals surface area contributed by atoms with E-state index in [1.165, 1.54) is 17.0 Å². The van der Waals surface area contributed by atoms with Crippen LogP contribution in [0.4, 0.5) is 5.69 Å². The molecule has 0 saturated heterocycles. The van der Waals surface area contributed by atoms with Gasteiger partial charge < -0.3 is 10.2 Å². The highest BCUT2D eigenvalue weighted by atomic mass is 35.5. The highest BCUT2D eigenvalue weighted by Crippen LogP contribution is 2.30. The number of hydrogen-bond acceptors (Lipinski definition) is 4. The lowest BCUT2D eigenvalue weighted by atomic mass is 10.0. The van der Waals surface area contributed by atoms with Crippen molar-refractivity contribution in [2.75, 3.05) is 10.8 Å². The number of aryl methyl sites for hydroxylation is 2. The Morgan fingerprint density at radius 3 is 1.98 bits per heavy atom. The SMILES string of the molecule is Cc1ccc(S(=O)(=O)N(CC(=O)N(Cc2ccccc2)[C@H](Cc2ccccc2)C(=O)NC(C)C)c2ccc(Cl)cc2C)cc1. The summed E-state index contributed by atoms with van der Waals surface area (Å²) in [4.78, 5) is 29.8. The van der Waals surface area contributed by atoms with Crippen molar-refractivity contribution >= 4 is 39.1 Å². The number of nitrogens with one attached hydrogen (secondary N) is 1. The molecule has 0 spiro atoms. The van der Waals surface area contributed by atoms with Crippen molar-refractivity contribution in [2.24, 2.45) is 0 Å². The lowest BCUT2D eigenvalue weighted by Crippen LogP contribution is -2.54. The van der Waals surface area contributed by atoms with Crippen LogP contribution in [0, 0.1) is 13.8 Å². The summed E-state index contributed by atoms with van der Waals surface area (Å²) in [6, 6.07) is 29.1. The molecule has 0 aliphatic carbocycles. The van der Waals surface area contributed by atoms with Crippen LogP contribution in [-0.2, 0) is 32.6 Å². The summed E-state index contributed by atoms with van der Waals surface area (Å²) >= 11 is 6.22. The molecule has 0 aliphatic heterocycles. The van der Waals surface area contributed by atoms with E-state index in [0.717, 1.165) is 21.0 Å². The summed E-state index contributed by atoms with van der Waals surface area (Å²) in [6.45, 7) is 6.93. The Hall–Kier alpha value is -4.14. The largest absolute Gasteiger partial charge is 0.352 e. The van der Waals surface area contributed by atoms with E-state index in [2.05, 4.69) is 5.32 Å². The zero-order valence-corrected chi connectivity index (χ0v) is 27.0. The fourth-order valence-corrected chi connectivity index (χ4v) is 6.67. The minimum Gasteiger partial charge on any atom is -0.352 e. The van der Waals surface area contributed by atoms with Crippen LogP contribution in [0.15, 0.2) is 108 Å². The summed E-state index contributed by atoms with van der Waals surface area (Å²) in [7, 11) is -4.19. The highest BCUT2D eigenvalue weighted by Gasteiger charge is 2.35. The molecule has 1 N–H and O–H groups in total. The van der Waals surface area contributed by atoms with Crippen molar-refractivity contribution in [1.82, 2.24) is 10.2 Å². The maximum Gasteiger partial charge on any atom is 0.264 e. The van der Waals surface area contributed by atoms with Crippen LogP contribution in [-0.4, -0.2) is 43.8 Å². The summed E-state index contributed by atoms with van der Waals surface area (Å²) in [5.41, 5.74) is 3.51. The molecule has 1 atom stereocenters. The number of halogens is 1. The number of carbonyl (C=O) groups is 2. The normalized spacial score (nSPS) is 12.0. The molecule has 0 saturated carbocycles. The summed E-state index contributed by atoms with van der Waals surface area (Å²) in [5, 5.41) is 3.41. The third-order valence-corrected chi connectivity index (χ3v) is 9.22. The average Bonchev–Trinajstić information content (AvgIpc) is 2.99. The third kappa shape index (κ3) is 8.27. The molecule has 230 valence electrons. The fraction of sp³-hybridized carbons (Fsp3) is 0.257. The molecule has 0 aliphatic rings. The Labute approximate surface area is 265 Å². The molecule has 0 bridgehead atoms. The first-order chi connectivity index (χ1) is 21.0. The number of carbonyl (C=O) groups excluding carboxylic acids is 2. The lowest BCUT2D eigenvalue weighted by molar-refractivity contribution is -0.140. The minimum atomic E-state index is -4.19. The van der Waals surface area contributed by atoms with Gasteiger partial charge in [-0.15, -0.1) is 0 Å². The summed E-state index contributed by atoms with van der Waals surface area (Å²) < 4.78 is 29.5. The van der Waals surface area contributed by atoms with Crippen LogP contribution in [0.5, 0.6) is 0 Å². The fourth-order valence-electron chi connectivity index (χ4n) is 4.96. The topological polar surface area (TPSA) is 86.8 Å². The average molecular weight is 632 g/mol. The van der Waals surface area contributed by atoms with E-state index in [-0.39, 0.29) is 29.8 Å². The number of benzene rings is 4. The molecule has 4 aromatic rings. The molecule has 9 heteroatoms. The number of amides is 2. The van der Waals surface area contributed by atoms with Gasteiger partial charge in [-0.3, -0.25) is 13.9 Å². The van der Waals surface area contributed by atoms with Crippen LogP contribution >= 0.6 is 11.6 Å². The first kappa shape index (κ1) is 32.8. The van der Waals surface area contributed by atoms with Gasteiger partial charge in [0, 0.05) is 24.0 Å². The van der Waals surface area contributed by atoms with Gasteiger partial charge in [-0.25, -0.2) is 8.42 Å². The predicted molar refractivity (Wildman–Crippen MR) is 176 cm³/mol. The summed E-state index contributed by atoms with van der Waals surface area (Å²) in [6.07, 6.45) is 0.253. The number of rotatable bonds is 12. The molecule has 0 unspecified atom stereocenters. The molecule has 0 heterocycles. The zero-order chi connectivity index (χ0) is 31.9. The van der Waals surface area contributed by atoms with E-state index in [1.54, 1.807) is 37.3 Å². The van der Waals surface area contributed by atoms with Gasteiger partial charge in [0.25, 0.3) is 10.0 Å². The minimum absolute atomic E-state index is 0.0539. The molecule has 44 heavy (non-hydrogen) atoms. The van der Waals surface area contributed by atoms with Crippen molar-refractivity contribution < 1.29 is 18.0 Å². The predicted octanol–water partition coefficient (Wildman–Crippen LogP) is 6.32. The van der Waals surface area contributed by atoms with Crippen molar-refractivity contribution in [1.29, 1.82) is 0 Å². The second kappa shape index (κ2) is 14.6. The first-order valence-corrected chi connectivity index (χ1v) is 16.3. The van der Waals surface area contributed by atoms with E-state index in [4.69, 9.17) is 11.6 Å². The Morgan fingerprint density at radius 1 is 0.818 bits per heavy atom. The van der Waals surface area contributed by atoms with Crippen LogP contribution in [0.3, 0.4) is 0 Å². The quantitative estimate of drug-likeness (QED) is 0.198. The van der Waals surface area contributed by atoms with E-state index in [1.807, 2.05) is 81.4 Å². The van der Waals surface area contributed by atoms with Crippen LogP contribution in [0.25, 0.3) is 0 Å². The number of nitrogens with zero attached hydrogens (tertiary/aromatic N) is 2. The van der Waals surface area contributed by atoms with Gasteiger partial charge >= 0.3 is 0 Å². The van der Waals surface area contributed by atoms with Gasteiger partial charge in [0.1, 0.15) is 12.6 Å². The molecule has 0 fully saturated rings. The third-order valence-electron chi connectivity index (χ3n) is 7.21. The Bertz CT molecular complexity index is 1680. The zero-order valence-electron chi connectivity index (χ0n) is 25.4. The maximum atomic E-state index is 14.5. The number of hydrogen-bond donors (Lipinski definition) is 1. The molecule has 0 aromatic heterocycles. The van der Waals surface area contributed by atoms with Gasteiger partial charge in [-0.1, -0.05) is 90.0 Å². The van der Waals surface area contributed by atoms with E-state index >= 15 is 0 Å². The van der Waals surface area contributed by atoms with Gasteiger partial charge in [0.15, 0.2) is 0 Å². The van der Waals surface area contributed by atoms with E-state index in [0.29, 0.717) is 16.3 Å². The van der Waals surface area contributed by atoms with Gasteiger partial charge in [-0.2, -0.15) is 0 Å². The second-order valence-electron chi connectivity index (χ2n) is 11.1. The molecular formula is C35H38ClN3O4S. The first-order valence-electron chi connectivity index (χ1n) is 14.5. The van der Waals surface area contributed by atoms with Crippen molar-refractivity contribution in [3.8, 4) is 0 Å². The lowest BCUT2D eigenvalue weighted by Gasteiger charge is -2.34. The number of anilines is 1. The monoisotopic (exact) mass is 631 g/mol. The Balaban J connectivity index is 1.81. The van der Waals surface area contributed by atoms with Crippen molar-refractivity contribution in [2.45, 2.75) is 57.6 Å². The van der Waals surface area contributed by atoms with E-state index in [9.17, 15) is 18.0 Å². The van der Waals surface area contributed by atoms with Crippen LogP contribution < -0.4 is 9.62 Å². The van der Waals surface area contributed by atoms with Crippen molar-refractivity contribution in [3.63, 3.8) is 0 Å².